The molecule has 1 aliphatic rings. The number of fused-ring (bicyclic) bond motifs is 6. The van der Waals surface area contributed by atoms with Crippen LogP contribution in [0.1, 0.15) is 48.9 Å². The number of aromatic nitrogens is 1. The van der Waals surface area contributed by atoms with E-state index in [2.05, 4.69) is 122 Å². The van der Waals surface area contributed by atoms with Gasteiger partial charge in [0.15, 0.2) is 0 Å². The number of benzene rings is 5. The molecule has 1 heteroatoms. The quantitative estimate of drug-likeness (QED) is 0.218. The van der Waals surface area contributed by atoms with Crippen LogP contribution >= 0.6 is 0 Å². The Morgan fingerprint density at radius 2 is 1.16 bits per heavy atom. The summed E-state index contributed by atoms with van der Waals surface area (Å²) in [5.41, 5.74) is 14.8. The Balaban J connectivity index is 1.32. The second-order valence-corrected chi connectivity index (χ2v) is 10.8. The standard InChI is InChI=1S/C37H33N/c1-3-7-25-11-19-36-34(21-25)35-22-26(8-4-2)12-20-37(35)38(36)31-17-15-27(16-18-31)28-13-14-30-23-29-9-5-6-10-32(29)33(30)24-28/h5-6,9-22,24H,3-4,7-8,23H2,1-2H3. The average Bonchev–Trinajstić information content (AvgIpc) is 3.48. The monoisotopic (exact) mass is 491 g/mol. The maximum absolute atomic E-state index is 2.44. The van der Waals surface area contributed by atoms with Gasteiger partial charge in [-0.1, -0.05) is 87.4 Å². The number of nitrogens with zero attached hydrogens (tertiary/aromatic N) is 1. The molecular formula is C37H33N. The van der Waals surface area contributed by atoms with Crippen LogP contribution in [0.5, 0.6) is 0 Å². The van der Waals surface area contributed by atoms with Crippen molar-refractivity contribution in [3.63, 3.8) is 0 Å². The molecule has 0 saturated carbocycles. The normalized spacial score (nSPS) is 12.3. The molecule has 1 aromatic heterocycles. The van der Waals surface area contributed by atoms with Gasteiger partial charge in [-0.05, 0) is 106 Å². The first kappa shape index (κ1) is 23.0. The van der Waals surface area contributed by atoms with Crippen molar-refractivity contribution in [2.24, 2.45) is 0 Å². The Bertz CT molecular complexity index is 1740. The van der Waals surface area contributed by atoms with Gasteiger partial charge in [-0.3, -0.25) is 0 Å². The van der Waals surface area contributed by atoms with Gasteiger partial charge in [-0.25, -0.2) is 0 Å². The Hall–Kier alpha value is -4.10. The van der Waals surface area contributed by atoms with Gasteiger partial charge in [0, 0.05) is 16.5 Å². The highest BCUT2D eigenvalue weighted by molar-refractivity contribution is 6.09. The molecule has 1 nitrogen and oxygen atoms in total. The predicted molar refractivity (Wildman–Crippen MR) is 162 cm³/mol. The maximum atomic E-state index is 2.44. The van der Waals surface area contributed by atoms with Crippen LogP contribution in [0.2, 0.25) is 0 Å². The van der Waals surface area contributed by atoms with E-state index < -0.39 is 0 Å². The fraction of sp³-hybridized carbons (Fsp3) is 0.189. The van der Waals surface area contributed by atoms with Gasteiger partial charge in [0.1, 0.15) is 0 Å². The Morgan fingerprint density at radius 3 is 1.82 bits per heavy atom. The lowest BCUT2D eigenvalue weighted by molar-refractivity contribution is 0.923. The Morgan fingerprint density at radius 1 is 0.553 bits per heavy atom. The molecule has 1 aliphatic carbocycles. The molecule has 0 unspecified atom stereocenters. The third kappa shape index (κ3) is 3.77. The van der Waals surface area contributed by atoms with Gasteiger partial charge in [0.25, 0.3) is 0 Å². The molecule has 0 fully saturated rings. The minimum absolute atomic E-state index is 1.04. The molecule has 7 rings (SSSR count). The molecule has 0 N–H and O–H groups in total. The molecule has 0 saturated heterocycles. The van der Waals surface area contributed by atoms with E-state index in [1.807, 2.05) is 0 Å². The molecule has 38 heavy (non-hydrogen) atoms. The molecule has 0 amide bonds. The summed E-state index contributed by atoms with van der Waals surface area (Å²) < 4.78 is 2.44. The first-order chi connectivity index (χ1) is 18.7. The molecule has 0 spiro atoms. The minimum atomic E-state index is 1.04. The van der Waals surface area contributed by atoms with E-state index >= 15 is 0 Å². The molecule has 186 valence electrons. The van der Waals surface area contributed by atoms with Crippen LogP contribution in [-0.2, 0) is 19.3 Å². The van der Waals surface area contributed by atoms with E-state index in [1.54, 1.807) is 0 Å². The summed E-state index contributed by atoms with van der Waals surface area (Å²) in [5.74, 6) is 0. The van der Waals surface area contributed by atoms with Crippen LogP contribution in [0.4, 0.5) is 0 Å². The van der Waals surface area contributed by atoms with Crippen molar-refractivity contribution in [1.82, 2.24) is 4.57 Å². The average molecular weight is 492 g/mol. The van der Waals surface area contributed by atoms with E-state index in [1.165, 1.54) is 84.8 Å². The number of hydrogen-bond donors (Lipinski definition) is 0. The highest BCUT2D eigenvalue weighted by atomic mass is 15.0. The van der Waals surface area contributed by atoms with Crippen LogP contribution in [0.15, 0.2) is 103 Å². The van der Waals surface area contributed by atoms with E-state index in [4.69, 9.17) is 0 Å². The van der Waals surface area contributed by atoms with Gasteiger partial charge in [-0.2, -0.15) is 0 Å². The summed E-state index contributed by atoms with van der Waals surface area (Å²) in [5, 5.41) is 2.73. The second kappa shape index (κ2) is 9.33. The van der Waals surface area contributed by atoms with Crippen LogP contribution in [0.3, 0.4) is 0 Å². The zero-order valence-electron chi connectivity index (χ0n) is 22.3. The zero-order valence-corrected chi connectivity index (χ0v) is 22.3. The van der Waals surface area contributed by atoms with Gasteiger partial charge in [-0.15, -0.1) is 0 Å². The molecular weight excluding hydrogens is 458 g/mol. The first-order valence-corrected chi connectivity index (χ1v) is 14.1. The molecule has 6 aromatic rings. The lowest BCUT2D eigenvalue weighted by Crippen LogP contribution is -1.94. The third-order valence-electron chi connectivity index (χ3n) is 8.23. The van der Waals surface area contributed by atoms with Gasteiger partial charge < -0.3 is 4.57 Å². The zero-order chi connectivity index (χ0) is 25.6. The van der Waals surface area contributed by atoms with Gasteiger partial charge in [0.05, 0.1) is 11.0 Å². The highest BCUT2D eigenvalue weighted by Crippen LogP contribution is 2.39. The van der Waals surface area contributed by atoms with Crippen molar-refractivity contribution >= 4 is 21.8 Å². The van der Waals surface area contributed by atoms with E-state index in [9.17, 15) is 0 Å². The fourth-order valence-corrected chi connectivity index (χ4v) is 6.39. The maximum Gasteiger partial charge on any atom is 0.0541 e. The van der Waals surface area contributed by atoms with E-state index in [0.29, 0.717) is 0 Å². The van der Waals surface area contributed by atoms with Gasteiger partial charge in [0.2, 0.25) is 0 Å². The highest BCUT2D eigenvalue weighted by Gasteiger charge is 2.18. The topological polar surface area (TPSA) is 4.93 Å². The van der Waals surface area contributed by atoms with E-state index in [-0.39, 0.29) is 0 Å². The van der Waals surface area contributed by atoms with Crippen molar-refractivity contribution < 1.29 is 0 Å². The molecule has 0 radical (unpaired) electrons. The lowest BCUT2D eigenvalue weighted by Gasteiger charge is -2.11. The smallest absolute Gasteiger partial charge is 0.0541 e. The number of rotatable bonds is 6. The Labute approximate surface area is 225 Å². The van der Waals surface area contributed by atoms with Crippen molar-refractivity contribution in [2.75, 3.05) is 0 Å². The van der Waals surface area contributed by atoms with E-state index in [0.717, 1.165) is 19.3 Å². The van der Waals surface area contributed by atoms with Crippen LogP contribution in [0, 0.1) is 0 Å². The van der Waals surface area contributed by atoms with Crippen molar-refractivity contribution in [2.45, 2.75) is 46.0 Å². The molecule has 5 aromatic carbocycles. The predicted octanol–water partition coefficient (Wildman–Crippen LogP) is 9.93. The fourth-order valence-electron chi connectivity index (χ4n) is 6.39. The van der Waals surface area contributed by atoms with Crippen LogP contribution in [-0.4, -0.2) is 4.57 Å². The number of aryl methyl sites for hydroxylation is 2. The molecule has 1 heterocycles. The molecule has 0 bridgehead atoms. The van der Waals surface area contributed by atoms with Crippen molar-refractivity contribution in [1.29, 1.82) is 0 Å². The summed E-state index contributed by atoms with van der Waals surface area (Å²) >= 11 is 0. The summed E-state index contributed by atoms with van der Waals surface area (Å²) in [6, 6.07) is 39.0. The largest absolute Gasteiger partial charge is 0.309 e. The van der Waals surface area contributed by atoms with Crippen molar-refractivity contribution in [3.05, 3.63) is 125 Å². The van der Waals surface area contributed by atoms with Crippen LogP contribution in [0.25, 0.3) is 49.7 Å². The third-order valence-corrected chi connectivity index (χ3v) is 8.23. The molecule has 0 aliphatic heterocycles. The Kier molecular flexibility index (Phi) is 5.66. The number of hydrogen-bond acceptors (Lipinski definition) is 0. The second-order valence-electron chi connectivity index (χ2n) is 10.8. The van der Waals surface area contributed by atoms with Crippen molar-refractivity contribution in [3.8, 4) is 27.9 Å². The summed E-state index contributed by atoms with van der Waals surface area (Å²) in [6.07, 6.45) is 5.62. The van der Waals surface area contributed by atoms with Crippen LogP contribution < -0.4 is 0 Å². The minimum Gasteiger partial charge on any atom is -0.309 e. The summed E-state index contributed by atoms with van der Waals surface area (Å²) in [4.78, 5) is 0. The van der Waals surface area contributed by atoms with Gasteiger partial charge >= 0.3 is 0 Å². The summed E-state index contributed by atoms with van der Waals surface area (Å²) in [6.45, 7) is 4.52. The molecule has 0 atom stereocenters. The lowest BCUT2D eigenvalue weighted by atomic mass is 9.98. The summed E-state index contributed by atoms with van der Waals surface area (Å²) in [7, 11) is 0. The SMILES string of the molecule is CCCc1ccc2c(c1)c1cc(CCC)ccc1n2-c1ccc(-c2ccc3c(c2)-c2ccccc2C3)cc1. The first-order valence-electron chi connectivity index (χ1n) is 14.1.